The van der Waals surface area contributed by atoms with Crippen LogP contribution < -0.4 is 14.7 Å². The molecular formula is C55H55N3S. The fraction of sp³-hybridized carbons (Fsp3) is 0.309. The van der Waals surface area contributed by atoms with Crippen LogP contribution in [0.1, 0.15) is 120 Å². The molecular weight excluding hydrogens is 735 g/mol. The van der Waals surface area contributed by atoms with E-state index in [-0.39, 0.29) is 27.7 Å². The molecule has 4 heterocycles. The average molecular weight is 790 g/mol. The van der Waals surface area contributed by atoms with Gasteiger partial charge in [-0.3, -0.25) is 0 Å². The Morgan fingerprint density at radius 2 is 1.14 bits per heavy atom. The molecule has 0 N–H and O–H groups in total. The van der Waals surface area contributed by atoms with Gasteiger partial charge in [0.1, 0.15) is 0 Å². The summed E-state index contributed by atoms with van der Waals surface area (Å²) in [4.78, 5) is 9.32. The second-order valence-corrected chi connectivity index (χ2v) is 21.2. The zero-order valence-electron chi connectivity index (χ0n) is 35.9. The minimum atomic E-state index is -0.0192. The second-order valence-electron chi connectivity index (χ2n) is 20.1. The highest BCUT2D eigenvalue weighted by Crippen LogP contribution is 2.65. The number of para-hydroxylation sites is 1. The quantitative estimate of drug-likeness (QED) is 0.177. The first-order valence-electron chi connectivity index (χ1n) is 21.8. The molecule has 0 amide bonds. The van der Waals surface area contributed by atoms with Crippen LogP contribution in [-0.2, 0) is 16.2 Å². The van der Waals surface area contributed by atoms with Crippen LogP contribution in [0.5, 0.6) is 0 Å². The van der Waals surface area contributed by atoms with E-state index in [1.165, 1.54) is 114 Å². The van der Waals surface area contributed by atoms with Crippen LogP contribution in [-0.4, -0.2) is 5.54 Å². The van der Waals surface area contributed by atoms with Crippen molar-refractivity contribution < 1.29 is 0 Å². The Bertz CT molecular complexity index is 2800. The smallest absolute Gasteiger partial charge is 0.0689 e. The average Bonchev–Trinajstić information content (AvgIpc) is 3.70. The Morgan fingerprint density at radius 3 is 1.83 bits per heavy atom. The van der Waals surface area contributed by atoms with Gasteiger partial charge in [-0.1, -0.05) is 134 Å². The SMILES string of the molecule is CC(C)(C)c1ccc(N2c3cc(N4c5ccccc5C5(C)CCCCC45C)ccc3C3c4sc5ccccc5c4N(c4ccc(C(C)(C)C)cc4)c4cccc2c43)cc1. The van der Waals surface area contributed by atoms with Crippen molar-refractivity contribution in [2.75, 3.05) is 14.7 Å². The van der Waals surface area contributed by atoms with Gasteiger partial charge in [0, 0.05) is 48.7 Å². The monoisotopic (exact) mass is 789 g/mol. The fourth-order valence-electron chi connectivity index (χ4n) is 11.4. The molecule has 1 aromatic heterocycles. The lowest BCUT2D eigenvalue weighted by molar-refractivity contribution is 0.195. The van der Waals surface area contributed by atoms with Crippen molar-refractivity contribution in [1.29, 1.82) is 0 Å². The van der Waals surface area contributed by atoms with Crippen molar-refractivity contribution in [2.45, 2.75) is 109 Å². The molecule has 1 fully saturated rings. The lowest BCUT2D eigenvalue weighted by Gasteiger charge is -2.50. The molecule has 1 saturated carbocycles. The van der Waals surface area contributed by atoms with Crippen molar-refractivity contribution in [3.63, 3.8) is 0 Å². The minimum absolute atomic E-state index is 0.0192. The maximum absolute atomic E-state index is 2.74. The van der Waals surface area contributed by atoms with E-state index < -0.39 is 0 Å². The highest BCUT2D eigenvalue weighted by atomic mass is 32.1. The summed E-state index contributed by atoms with van der Waals surface area (Å²) in [6.07, 6.45) is 4.94. The molecule has 11 rings (SSSR count). The minimum Gasteiger partial charge on any atom is -0.334 e. The van der Waals surface area contributed by atoms with Crippen molar-refractivity contribution in [1.82, 2.24) is 0 Å². The molecule has 3 aliphatic heterocycles. The lowest BCUT2D eigenvalue weighted by atomic mass is 9.61. The molecule has 4 heteroatoms. The first-order chi connectivity index (χ1) is 28.3. The molecule has 0 spiro atoms. The van der Waals surface area contributed by atoms with E-state index >= 15 is 0 Å². The van der Waals surface area contributed by atoms with Gasteiger partial charge < -0.3 is 14.7 Å². The first kappa shape index (κ1) is 36.7. The number of hydrogen-bond acceptors (Lipinski definition) is 4. The van der Waals surface area contributed by atoms with Gasteiger partial charge in [0.2, 0.25) is 0 Å². The molecule has 4 aliphatic rings. The third kappa shape index (κ3) is 5.18. The largest absolute Gasteiger partial charge is 0.334 e. The summed E-state index contributed by atoms with van der Waals surface area (Å²) < 4.78 is 1.33. The molecule has 3 atom stereocenters. The third-order valence-electron chi connectivity index (χ3n) is 14.7. The number of benzene rings is 6. The normalized spacial score (nSPS) is 21.8. The number of fused-ring (bicyclic) bond motifs is 9. The van der Waals surface area contributed by atoms with Gasteiger partial charge in [-0.05, 0) is 114 Å². The standard InChI is InChI=1S/C55H55N3S/c1-52(2,3)35-22-26-37(27-23-35)56-44-19-15-20-45-49(44)48(51-50(41-16-9-12-21-47(41)59-51)57(45)38-28-24-36(25-29-38)53(4,5)6)40-31-30-39(34-46(40)56)58-43-18-11-10-17-42(43)54(7)32-13-14-33-55(54,58)8/h9-12,15-31,34,48H,13-14,32-33H2,1-8H3. The zero-order valence-corrected chi connectivity index (χ0v) is 36.7. The van der Waals surface area contributed by atoms with Gasteiger partial charge in [0.15, 0.2) is 0 Å². The summed E-state index contributed by atoms with van der Waals surface area (Å²) in [5.41, 5.74) is 17.3. The van der Waals surface area contributed by atoms with Crippen molar-refractivity contribution in [3.8, 4) is 0 Å². The Kier molecular flexibility index (Phi) is 7.84. The molecule has 0 radical (unpaired) electrons. The lowest BCUT2D eigenvalue weighted by Crippen LogP contribution is -2.54. The van der Waals surface area contributed by atoms with E-state index in [2.05, 4.69) is 204 Å². The topological polar surface area (TPSA) is 9.72 Å². The Hall–Kier alpha value is -5.32. The van der Waals surface area contributed by atoms with Crippen molar-refractivity contribution >= 4 is 66.9 Å². The molecule has 0 bridgehead atoms. The highest BCUT2D eigenvalue weighted by Gasteiger charge is 2.57. The van der Waals surface area contributed by atoms with Gasteiger partial charge in [-0.25, -0.2) is 0 Å². The first-order valence-corrected chi connectivity index (χ1v) is 22.6. The Labute approximate surface area is 354 Å². The van der Waals surface area contributed by atoms with Crippen molar-refractivity contribution in [3.05, 3.63) is 166 Å². The number of hydrogen-bond donors (Lipinski definition) is 0. The number of nitrogens with zero attached hydrogens (tertiary/aromatic N) is 3. The summed E-state index contributed by atoms with van der Waals surface area (Å²) in [5, 5.41) is 1.32. The molecule has 3 nitrogen and oxygen atoms in total. The number of thiophene rings is 1. The Morgan fingerprint density at radius 1 is 0.559 bits per heavy atom. The number of rotatable bonds is 3. The van der Waals surface area contributed by atoms with Crippen LogP contribution in [0.2, 0.25) is 0 Å². The molecule has 59 heavy (non-hydrogen) atoms. The van der Waals surface area contributed by atoms with E-state index in [0.717, 1.165) is 0 Å². The van der Waals surface area contributed by atoms with E-state index in [0.29, 0.717) is 0 Å². The zero-order chi connectivity index (χ0) is 40.6. The summed E-state index contributed by atoms with van der Waals surface area (Å²) in [6.45, 7) is 18.9. The van der Waals surface area contributed by atoms with Gasteiger partial charge in [0.05, 0.1) is 34.2 Å². The van der Waals surface area contributed by atoms with Crippen LogP contribution >= 0.6 is 11.3 Å². The maximum Gasteiger partial charge on any atom is 0.0689 e. The van der Waals surface area contributed by atoms with Crippen LogP contribution in [0.25, 0.3) is 10.1 Å². The van der Waals surface area contributed by atoms with Crippen LogP contribution in [0.4, 0.5) is 45.5 Å². The summed E-state index contributed by atoms with van der Waals surface area (Å²) in [5.74, 6) is 0.0919. The van der Waals surface area contributed by atoms with Crippen LogP contribution in [0.15, 0.2) is 133 Å². The van der Waals surface area contributed by atoms with Crippen LogP contribution in [0, 0.1) is 0 Å². The van der Waals surface area contributed by atoms with Gasteiger partial charge in [-0.15, -0.1) is 11.3 Å². The van der Waals surface area contributed by atoms with Gasteiger partial charge >= 0.3 is 0 Å². The van der Waals surface area contributed by atoms with E-state index in [9.17, 15) is 0 Å². The molecule has 3 unspecified atom stereocenters. The predicted octanol–water partition coefficient (Wildman–Crippen LogP) is 16.0. The van der Waals surface area contributed by atoms with E-state index in [1.54, 1.807) is 0 Å². The van der Waals surface area contributed by atoms with E-state index in [1.807, 2.05) is 11.3 Å². The highest BCUT2D eigenvalue weighted by molar-refractivity contribution is 7.20. The molecule has 0 saturated heterocycles. The van der Waals surface area contributed by atoms with Gasteiger partial charge in [-0.2, -0.15) is 0 Å². The second kappa shape index (κ2) is 12.6. The fourth-order valence-corrected chi connectivity index (χ4v) is 12.7. The summed E-state index contributed by atoms with van der Waals surface area (Å²) in [7, 11) is 0. The van der Waals surface area contributed by atoms with Crippen LogP contribution in [0.3, 0.4) is 0 Å². The molecule has 296 valence electrons. The maximum atomic E-state index is 2.74. The predicted molar refractivity (Wildman–Crippen MR) is 252 cm³/mol. The molecule has 6 aromatic carbocycles. The summed E-state index contributed by atoms with van der Waals surface area (Å²) >= 11 is 1.97. The van der Waals surface area contributed by atoms with Crippen molar-refractivity contribution in [2.24, 2.45) is 0 Å². The Balaban J connectivity index is 1.17. The third-order valence-corrected chi connectivity index (χ3v) is 16.0. The molecule has 7 aromatic rings. The molecule has 1 aliphatic carbocycles. The summed E-state index contributed by atoms with van der Waals surface area (Å²) in [6, 6.07) is 51.6. The van der Waals surface area contributed by atoms with Gasteiger partial charge in [0.25, 0.3) is 0 Å². The number of anilines is 8. The van der Waals surface area contributed by atoms with E-state index in [4.69, 9.17) is 0 Å².